The third kappa shape index (κ3) is 4.72. The topological polar surface area (TPSA) is 89.4 Å². The quantitative estimate of drug-likeness (QED) is 0.732. The second kappa shape index (κ2) is 7.73. The van der Waals surface area contributed by atoms with Crippen molar-refractivity contribution < 1.29 is 14.6 Å². The van der Waals surface area contributed by atoms with E-state index in [0.29, 0.717) is 24.8 Å². The van der Waals surface area contributed by atoms with E-state index in [0.717, 1.165) is 17.3 Å². The lowest BCUT2D eigenvalue weighted by molar-refractivity contribution is 0.104. The number of ether oxygens (including phenoxy) is 2. The maximum atomic E-state index is 9.76. The van der Waals surface area contributed by atoms with Crippen molar-refractivity contribution in [2.24, 2.45) is 0 Å². The first-order valence-electron chi connectivity index (χ1n) is 6.06. The Labute approximate surface area is 120 Å². The summed E-state index contributed by atoms with van der Waals surface area (Å²) in [6, 6.07) is 3.73. The average Bonchev–Trinajstić information content (AvgIpc) is 2.99. The fourth-order valence-electron chi connectivity index (χ4n) is 1.52. The minimum atomic E-state index is -0.611. The van der Waals surface area contributed by atoms with Crippen molar-refractivity contribution in [3.63, 3.8) is 0 Å². The predicted molar refractivity (Wildman–Crippen MR) is 73.9 cm³/mol. The molecule has 0 aliphatic heterocycles. The lowest BCUT2D eigenvalue weighted by Gasteiger charge is -2.12. The first-order chi connectivity index (χ1) is 9.78. The van der Waals surface area contributed by atoms with Gasteiger partial charge in [-0.3, -0.25) is 0 Å². The van der Waals surface area contributed by atoms with E-state index in [9.17, 15) is 5.11 Å². The van der Waals surface area contributed by atoms with Crippen LogP contribution in [0.2, 0.25) is 0 Å². The Hall–Kier alpha value is -1.77. The van der Waals surface area contributed by atoms with Gasteiger partial charge in [-0.25, -0.2) is 4.98 Å². The standard InChI is InChI=1S/C12H16N4O3S/c1-18-11-4-9(2-3-14-11)5-13-6-10(17)8-19-12-7-15-20-16-12/h2-4,7,10,13,17H,5-6,8H2,1H3. The molecule has 0 bridgehead atoms. The zero-order valence-electron chi connectivity index (χ0n) is 11.0. The van der Waals surface area contributed by atoms with E-state index in [1.807, 2.05) is 12.1 Å². The molecular weight excluding hydrogens is 280 g/mol. The third-order valence-corrected chi connectivity index (χ3v) is 2.94. The van der Waals surface area contributed by atoms with Gasteiger partial charge in [0.25, 0.3) is 0 Å². The highest BCUT2D eigenvalue weighted by atomic mass is 32.1. The first-order valence-corrected chi connectivity index (χ1v) is 6.79. The summed E-state index contributed by atoms with van der Waals surface area (Å²) in [6.07, 6.45) is 2.60. The first kappa shape index (κ1) is 14.6. The van der Waals surface area contributed by atoms with Crippen molar-refractivity contribution in [3.05, 3.63) is 30.1 Å². The molecule has 0 radical (unpaired) electrons. The summed E-state index contributed by atoms with van der Waals surface area (Å²) in [7, 11) is 1.58. The van der Waals surface area contributed by atoms with Gasteiger partial charge in [-0.15, -0.1) is 4.37 Å². The molecule has 2 heterocycles. The smallest absolute Gasteiger partial charge is 0.245 e. The van der Waals surface area contributed by atoms with Crippen molar-refractivity contribution >= 4 is 11.7 Å². The van der Waals surface area contributed by atoms with Crippen molar-refractivity contribution in [2.45, 2.75) is 12.6 Å². The number of hydrogen-bond acceptors (Lipinski definition) is 8. The van der Waals surface area contributed by atoms with Crippen LogP contribution in [0.3, 0.4) is 0 Å². The molecule has 0 spiro atoms. The van der Waals surface area contributed by atoms with E-state index in [1.165, 1.54) is 6.20 Å². The minimum absolute atomic E-state index is 0.179. The van der Waals surface area contributed by atoms with Crippen LogP contribution in [-0.2, 0) is 6.54 Å². The van der Waals surface area contributed by atoms with Gasteiger partial charge in [-0.1, -0.05) is 0 Å². The zero-order chi connectivity index (χ0) is 14.2. The monoisotopic (exact) mass is 296 g/mol. The summed E-state index contributed by atoms with van der Waals surface area (Å²) in [5, 5.41) is 12.9. The number of aromatic nitrogens is 3. The molecule has 2 rings (SSSR count). The predicted octanol–water partition coefficient (Wildman–Crippen LogP) is 0.471. The lowest BCUT2D eigenvalue weighted by atomic mass is 10.2. The van der Waals surface area contributed by atoms with Crippen LogP contribution in [0.4, 0.5) is 0 Å². The molecule has 108 valence electrons. The molecule has 0 saturated carbocycles. The number of aliphatic hydroxyl groups excluding tert-OH is 1. The molecule has 8 heteroatoms. The molecule has 0 fully saturated rings. The average molecular weight is 296 g/mol. The van der Waals surface area contributed by atoms with Crippen LogP contribution < -0.4 is 14.8 Å². The molecule has 2 aromatic heterocycles. The maximum Gasteiger partial charge on any atom is 0.245 e. The Balaban J connectivity index is 1.66. The van der Waals surface area contributed by atoms with Crippen LogP contribution in [0.1, 0.15) is 5.56 Å². The van der Waals surface area contributed by atoms with E-state index < -0.39 is 6.10 Å². The fraction of sp³-hybridized carbons (Fsp3) is 0.417. The maximum absolute atomic E-state index is 9.76. The Morgan fingerprint density at radius 3 is 3.10 bits per heavy atom. The molecule has 2 aromatic rings. The lowest BCUT2D eigenvalue weighted by Crippen LogP contribution is -2.31. The summed E-state index contributed by atoms with van der Waals surface area (Å²) in [6.45, 7) is 1.22. The van der Waals surface area contributed by atoms with Crippen LogP contribution in [0.15, 0.2) is 24.5 Å². The number of nitrogens with one attached hydrogen (secondary N) is 1. The van der Waals surface area contributed by atoms with Crippen molar-refractivity contribution in [1.82, 2.24) is 19.0 Å². The van der Waals surface area contributed by atoms with Gasteiger partial charge in [-0.05, 0) is 11.6 Å². The van der Waals surface area contributed by atoms with E-state index in [4.69, 9.17) is 9.47 Å². The van der Waals surface area contributed by atoms with E-state index in [2.05, 4.69) is 19.0 Å². The molecule has 0 aromatic carbocycles. The van der Waals surface area contributed by atoms with Crippen LogP contribution in [-0.4, -0.2) is 45.2 Å². The normalized spacial score (nSPS) is 12.1. The van der Waals surface area contributed by atoms with Gasteiger partial charge in [0.2, 0.25) is 11.8 Å². The molecule has 20 heavy (non-hydrogen) atoms. The molecule has 1 atom stereocenters. The van der Waals surface area contributed by atoms with E-state index >= 15 is 0 Å². The number of pyridine rings is 1. The zero-order valence-corrected chi connectivity index (χ0v) is 11.8. The Kier molecular flexibility index (Phi) is 5.66. The van der Waals surface area contributed by atoms with Gasteiger partial charge in [0.05, 0.1) is 18.8 Å². The fourth-order valence-corrected chi connectivity index (χ4v) is 1.88. The van der Waals surface area contributed by atoms with E-state index in [-0.39, 0.29) is 6.61 Å². The molecule has 1 unspecified atom stereocenters. The van der Waals surface area contributed by atoms with Crippen molar-refractivity contribution in [2.75, 3.05) is 20.3 Å². The largest absolute Gasteiger partial charge is 0.481 e. The molecule has 0 saturated heterocycles. The Morgan fingerprint density at radius 2 is 2.35 bits per heavy atom. The highest BCUT2D eigenvalue weighted by molar-refractivity contribution is 6.99. The summed E-state index contributed by atoms with van der Waals surface area (Å²) in [5.41, 5.74) is 1.04. The molecule has 7 nitrogen and oxygen atoms in total. The SMILES string of the molecule is COc1cc(CNCC(O)COc2cnsn2)ccn1. The summed E-state index contributed by atoms with van der Waals surface area (Å²) in [4.78, 5) is 4.03. The molecule has 0 amide bonds. The molecule has 0 aliphatic rings. The second-order valence-corrected chi connectivity index (χ2v) is 4.60. The number of hydrogen-bond donors (Lipinski definition) is 2. The van der Waals surface area contributed by atoms with Gasteiger partial charge in [0.15, 0.2) is 0 Å². The van der Waals surface area contributed by atoms with Gasteiger partial charge in [-0.2, -0.15) is 4.37 Å². The highest BCUT2D eigenvalue weighted by Gasteiger charge is 2.06. The van der Waals surface area contributed by atoms with Gasteiger partial charge >= 0.3 is 0 Å². The van der Waals surface area contributed by atoms with Crippen molar-refractivity contribution in [3.8, 4) is 11.8 Å². The highest BCUT2D eigenvalue weighted by Crippen LogP contribution is 2.08. The summed E-state index contributed by atoms with van der Waals surface area (Å²) in [5.74, 6) is 1.01. The van der Waals surface area contributed by atoms with E-state index in [1.54, 1.807) is 13.3 Å². The second-order valence-electron chi connectivity index (χ2n) is 4.05. The molecule has 0 aliphatic carbocycles. The van der Waals surface area contributed by atoms with Gasteiger partial charge < -0.3 is 19.9 Å². The molecular formula is C12H16N4O3S. The summed E-state index contributed by atoms with van der Waals surface area (Å²) >= 11 is 1.07. The van der Waals surface area contributed by atoms with Crippen LogP contribution in [0.25, 0.3) is 0 Å². The van der Waals surface area contributed by atoms with Gasteiger partial charge in [0, 0.05) is 25.4 Å². The number of aliphatic hydroxyl groups is 1. The van der Waals surface area contributed by atoms with Crippen LogP contribution in [0.5, 0.6) is 11.8 Å². The summed E-state index contributed by atoms with van der Waals surface area (Å²) < 4.78 is 18.0. The number of methoxy groups -OCH3 is 1. The van der Waals surface area contributed by atoms with Crippen molar-refractivity contribution in [1.29, 1.82) is 0 Å². The van der Waals surface area contributed by atoms with Crippen LogP contribution >= 0.6 is 11.7 Å². The number of nitrogens with zero attached hydrogens (tertiary/aromatic N) is 3. The Bertz CT molecular complexity index is 509. The van der Waals surface area contributed by atoms with Gasteiger partial charge in [0.1, 0.15) is 18.9 Å². The number of rotatable bonds is 8. The van der Waals surface area contributed by atoms with Crippen LogP contribution in [0, 0.1) is 0 Å². The Morgan fingerprint density at radius 1 is 1.45 bits per heavy atom. The minimum Gasteiger partial charge on any atom is -0.481 e. The molecule has 2 N–H and O–H groups in total. The third-order valence-electron chi connectivity index (χ3n) is 2.48.